The minimum Gasteiger partial charge on any atom is -0.504 e. The molecule has 0 spiro atoms. The molecule has 6 heteroatoms. The molecule has 25 heavy (non-hydrogen) atoms. The number of benzene rings is 2. The molecule has 0 saturated carbocycles. The fourth-order valence-electron chi connectivity index (χ4n) is 2.99. The fourth-order valence-corrected chi connectivity index (χ4v) is 2.99. The number of amides is 2. The first-order valence-corrected chi connectivity index (χ1v) is 8.04. The lowest BCUT2D eigenvalue weighted by Gasteiger charge is -2.15. The van der Waals surface area contributed by atoms with Gasteiger partial charge in [0.15, 0.2) is 11.5 Å². The van der Waals surface area contributed by atoms with E-state index in [9.17, 15) is 14.7 Å². The summed E-state index contributed by atoms with van der Waals surface area (Å²) in [5.41, 5.74) is 3.28. The zero-order valence-electron chi connectivity index (χ0n) is 14.2. The Balaban J connectivity index is 1.69. The molecule has 0 unspecified atom stereocenters. The number of ether oxygens (including phenoxy) is 1. The quantitative estimate of drug-likeness (QED) is 0.895. The van der Waals surface area contributed by atoms with Gasteiger partial charge in [0, 0.05) is 31.3 Å². The van der Waals surface area contributed by atoms with Gasteiger partial charge in [-0.2, -0.15) is 0 Å². The maximum atomic E-state index is 12.4. The van der Waals surface area contributed by atoms with Crippen LogP contribution in [-0.2, 0) is 17.8 Å². The standard InChI is InChI=1S/C19H20N2O4/c1-12(22)21-8-7-14-10-15(4-5-16(14)21)19(24)20-11-13-3-6-17(23)18(9-13)25-2/h3-6,9-10,23H,7-8,11H2,1-2H3,(H,20,24). The number of methoxy groups -OCH3 is 1. The predicted molar refractivity (Wildman–Crippen MR) is 94.0 cm³/mol. The number of aromatic hydroxyl groups is 1. The van der Waals surface area contributed by atoms with Gasteiger partial charge in [-0.3, -0.25) is 9.59 Å². The molecule has 1 heterocycles. The molecule has 2 aromatic rings. The molecule has 2 N–H and O–H groups in total. The van der Waals surface area contributed by atoms with Crippen LogP contribution in [-0.4, -0.2) is 30.6 Å². The van der Waals surface area contributed by atoms with Crippen LogP contribution in [0.3, 0.4) is 0 Å². The monoisotopic (exact) mass is 340 g/mol. The summed E-state index contributed by atoms with van der Waals surface area (Å²) in [6.45, 7) is 2.52. The van der Waals surface area contributed by atoms with Crippen molar-refractivity contribution < 1.29 is 19.4 Å². The van der Waals surface area contributed by atoms with Gasteiger partial charge in [-0.25, -0.2) is 0 Å². The van der Waals surface area contributed by atoms with Crippen LogP contribution in [0.15, 0.2) is 36.4 Å². The average Bonchev–Trinajstić information content (AvgIpc) is 3.04. The van der Waals surface area contributed by atoms with Crippen molar-refractivity contribution in [2.45, 2.75) is 19.9 Å². The Morgan fingerprint density at radius 1 is 1.24 bits per heavy atom. The summed E-state index contributed by atoms with van der Waals surface area (Å²) in [5.74, 6) is 0.258. The lowest BCUT2D eigenvalue weighted by molar-refractivity contribution is -0.116. The van der Waals surface area contributed by atoms with Gasteiger partial charge in [0.1, 0.15) is 0 Å². The van der Waals surface area contributed by atoms with Gasteiger partial charge in [-0.1, -0.05) is 6.07 Å². The minimum absolute atomic E-state index is 0.0113. The third-order valence-electron chi connectivity index (χ3n) is 4.31. The lowest BCUT2D eigenvalue weighted by atomic mass is 10.1. The Kier molecular flexibility index (Phi) is 4.61. The van der Waals surface area contributed by atoms with Crippen molar-refractivity contribution in [2.75, 3.05) is 18.6 Å². The van der Waals surface area contributed by atoms with Gasteiger partial charge in [-0.15, -0.1) is 0 Å². The fraction of sp³-hybridized carbons (Fsp3) is 0.263. The maximum absolute atomic E-state index is 12.4. The van der Waals surface area contributed by atoms with E-state index >= 15 is 0 Å². The number of fused-ring (bicyclic) bond motifs is 1. The highest BCUT2D eigenvalue weighted by molar-refractivity contribution is 5.97. The largest absolute Gasteiger partial charge is 0.504 e. The predicted octanol–water partition coefficient (Wildman–Crippen LogP) is 2.24. The number of carbonyl (C=O) groups is 2. The van der Waals surface area contributed by atoms with E-state index in [0.29, 0.717) is 24.4 Å². The van der Waals surface area contributed by atoms with E-state index in [1.807, 2.05) is 12.1 Å². The van der Waals surface area contributed by atoms with Crippen molar-refractivity contribution >= 4 is 17.5 Å². The number of hydrogen-bond acceptors (Lipinski definition) is 4. The molecule has 130 valence electrons. The number of hydrogen-bond donors (Lipinski definition) is 2. The Bertz CT molecular complexity index is 832. The van der Waals surface area contributed by atoms with Gasteiger partial charge >= 0.3 is 0 Å². The van der Waals surface area contributed by atoms with E-state index in [-0.39, 0.29) is 17.6 Å². The Morgan fingerprint density at radius 3 is 2.76 bits per heavy atom. The van der Waals surface area contributed by atoms with E-state index in [0.717, 1.165) is 23.2 Å². The molecule has 0 atom stereocenters. The van der Waals surface area contributed by atoms with E-state index < -0.39 is 0 Å². The minimum atomic E-state index is -0.184. The van der Waals surface area contributed by atoms with Crippen LogP contribution in [0.2, 0.25) is 0 Å². The smallest absolute Gasteiger partial charge is 0.251 e. The van der Waals surface area contributed by atoms with Gasteiger partial charge in [-0.05, 0) is 47.9 Å². The third-order valence-corrected chi connectivity index (χ3v) is 4.31. The van der Waals surface area contributed by atoms with E-state index in [1.54, 1.807) is 30.0 Å². The maximum Gasteiger partial charge on any atom is 0.251 e. The molecule has 3 rings (SSSR count). The molecule has 0 fully saturated rings. The highest BCUT2D eigenvalue weighted by Gasteiger charge is 2.23. The zero-order chi connectivity index (χ0) is 18.0. The van der Waals surface area contributed by atoms with Crippen molar-refractivity contribution in [3.05, 3.63) is 53.1 Å². The van der Waals surface area contributed by atoms with Crippen LogP contribution in [0.25, 0.3) is 0 Å². The second-order valence-corrected chi connectivity index (χ2v) is 5.95. The van der Waals surface area contributed by atoms with Crippen LogP contribution < -0.4 is 15.0 Å². The molecule has 0 aromatic heterocycles. The first-order valence-electron chi connectivity index (χ1n) is 8.04. The van der Waals surface area contributed by atoms with Crippen molar-refractivity contribution in [1.82, 2.24) is 5.32 Å². The molecular weight excluding hydrogens is 320 g/mol. The first kappa shape index (κ1) is 16.8. The third kappa shape index (κ3) is 3.42. The number of anilines is 1. The molecular formula is C19H20N2O4. The average molecular weight is 340 g/mol. The summed E-state index contributed by atoms with van der Waals surface area (Å²) in [4.78, 5) is 25.7. The molecule has 0 aliphatic carbocycles. The topological polar surface area (TPSA) is 78.9 Å². The number of rotatable bonds is 4. The van der Waals surface area contributed by atoms with Gasteiger partial charge < -0.3 is 20.1 Å². The molecule has 0 bridgehead atoms. The van der Waals surface area contributed by atoms with Crippen LogP contribution in [0.1, 0.15) is 28.4 Å². The van der Waals surface area contributed by atoms with Crippen molar-refractivity contribution in [3.63, 3.8) is 0 Å². The van der Waals surface area contributed by atoms with Gasteiger partial charge in [0.25, 0.3) is 5.91 Å². The van der Waals surface area contributed by atoms with E-state index in [2.05, 4.69) is 5.32 Å². The summed E-state index contributed by atoms with van der Waals surface area (Å²) in [6, 6.07) is 10.3. The normalized spacial score (nSPS) is 12.6. The second-order valence-electron chi connectivity index (χ2n) is 5.95. The molecule has 6 nitrogen and oxygen atoms in total. The van der Waals surface area contributed by atoms with Crippen LogP contribution >= 0.6 is 0 Å². The Morgan fingerprint density at radius 2 is 2.04 bits per heavy atom. The van der Waals surface area contributed by atoms with E-state index in [4.69, 9.17) is 4.74 Å². The van der Waals surface area contributed by atoms with Crippen molar-refractivity contribution in [1.29, 1.82) is 0 Å². The molecule has 2 aromatic carbocycles. The van der Waals surface area contributed by atoms with E-state index in [1.165, 1.54) is 13.2 Å². The molecule has 1 aliphatic rings. The summed E-state index contributed by atoms with van der Waals surface area (Å²) in [6.07, 6.45) is 0.755. The van der Waals surface area contributed by atoms with Gasteiger partial charge in [0.2, 0.25) is 5.91 Å². The lowest BCUT2D eigenvalue weighted by Crippen LogP contribution is -2.26. The van der Waals surface area contributed by atoms with Crippen LogP contribution in [0.5, 0.6) is 11.5 Å². The number of phenols is 1. The van der Waals surface area contributed by atoms with Gasteiger partial charge in [0.05, 0.1) is 7.11 Å². The number of carbonyl (C=O) groups excluding carboxylic acids is 2. The number of nitrogens with one attached hydrogen (secondary N) is 1. The molecule has 1 aliphatic heterocycles. The van der Waals surface area contributed by atoms with Crippen LogP contribution in [0, 0.1) is 0 Å². The number of phenolic OH excluding ortho intramolecular Hbond substituents is 1. The summed E-state index contributed by atoms with van der Waals surface area (Å²) in [5, 5.41) is 12.5. The SMILES string of the molecule is COc1cc(CNC(=O)c2ccc3c(c2)CCN3C(C)=O)ccc1O. The molecule has 0 radical (unpaired) electrons. The summed E-state index contributed by atoms with van der Waals surface area (Å²) in [7, 11) is 1.48. The van der Waals surface area contributed by atoms with Crippen molar-refractivity contribution in [2.24, 2.45) is 0 Å². The molecule has 2 amide bonds. The molecule has 0 saturated heterocycles. The summed E-state index contributed by atoms with van der Waals surface area (Å²) >= 11 is 0. The van der Waals surface area contributed by atoms with Crippen molar-refractivity contribution in [3.8, 4) is 11.5 Å². The second kappa shape index (κ2) is 6.84. The summed E-state index contributed by atoms with van der Waals surface area (Å²) < 4.78 is 5.06. The Labute approximate surface area is 146 Å². The number of nitrogens with zero attached hydrogens (tertiary/aromatic N) is 1. The van der Waals surface area contributed by atoms with Crippen LogP contribution in [0.4, 0.5) is 5.69 Å². The first-order chi connectivity index (χ1) is 12.0. The Hall–Kier alpha value is -3.02. The highest BCUT2D eigenvalue weighted by Crippen LogP contribution is 2.29. The highest BCUT2D eigenvalue weighted by atomic mass is 16.5. The zero-order valence-corrected chi connectivity index (χ0v) is 14.2.